The number of aromatic nitrogens is 2. The number of amides is 1. The zero-order valence-electron chi connectivity index (χ0n) is 13.0. The lowest BCUT2D eigenvalue weighted by Crippen LogP contribution is -2.30. The van der Waals surface area contributed by atoms with E-state index in [1.54, 1.807) is 19.4 Å². The van der Waals surface area contributed by atoms with Crippen LogP contribution < -0.4 is 4.74 Å². The smallest absolute Gasteiger partial charge is 0.258 e. The zero-order chi connectivity index (χ0) is 15.7. The number of hydrogen-bond donors (Lipinski definition) is 0. The normalized spacial score (nSPS) is 17.8. The molecule has 0 radical (unpaired) electrons. The predicted octanol–water partition coefficient (Wildman–Crippen LogP) is 2.67. The van der Waals surface area contributed by atoms with Gasteiger partial charge in [0, 0.05) is 18.3 Å². The minimum atomic E-state index is -0.0631. The van der Waals surface area contributed by atoms with Crippen LogP contribution in [0.1, 0.15) is 46.4 Å². The molecular formula is C16H19N3O3. The molecule has 3 rings (SSSR count). The van der Waals surface area contributed by atoms with Gasteiger partial charge >= 0.3 is 0 Å². The summed E-state index contributed by atoms with van der Waals surface area (Å²) in [6.45, 7) is 4.44. The third-order valence-electron chi connectivity index (χ3n) is 3.94. The van der Waals surface area contributed by atoms with Gasteiger partial charge in [0.2, 0.25) is 0 Å². The van der Waals surface area contributed by atoms with Gasteiger partial charge in [-0.3, -0.25) is 9.78 Å². The average Bonchev–Trinajstić information content (AvgIpc) is 3.14. The fourth-order valence-electron chi connectivity index (χ4n) is 2.88. The molecule has 0 spiro atoms. The van der Waals surface area contributed by atoms with Gasteiger partial charge in [-0.15, -0.1) is 0 Å². The van der Waals surface area contributed by atoms with Crippen LogP contribution in [-0.4, -0.2) is 34.6 Å². The van der Waals surface area contributed by atoms with Crippen molar-refractivity contribution in [3.8, 4) is 5.75 Å². The highest BCUT2D eigenvalue weighted by Crippen LogP contribution is 2.34. The van der Waals surface area contributed by atoms with E-state index in [2.05, 4.69) is 10.1 Å². The van der Waals surface area contributed by atoms with Crippen LogP contribution in [0.4, 0.5) is 0 Å². The number of carbonyl (C=O) groups excluding carboxylic acids is 1. The van der Waals surface area contributed by atoms with Crippen molar-refractivity contribution in [2.24, 2.45) is 0 Å². The summed E-state index contributed by atoms with van der Waals surface area (Å²) < 4.78 is 10.6. The van der Waals surface area contributed by atoms with Crippen LogP contribution in [0, 0.1) is 13.8 Å². The van der Waals surface area contributed by atoms with E-state index in [-0.39, 0.29) is 11.9 Å². The van der Waals surface area contributed by atoms with Crippen LogP contribution in [0.2, 0.25) is 0 Å². The SMILES string of the molecule is COc1cnc(C)cc1C(=O)N1CCCC1c1cc(C)no1. The van der Waals surface area contributed by atoms with Crippen LogP contribution in [0.25, 0.3) is 0 Å². The van der Waals surface area contributed by atoms with Crippen molar-refractivity contribution in [2.75, 3.05) is 13.7 Å². The molecule has 116 valence electrons. The summed E-state index contributed by atoms with van der Waals surface area (Å²) >= 11 is 0. The minimum Gasteiger partial charge on any atom is -0.494 e. The lowest BCUT2D eigenvalue weighted by Gasteiger charge is -2.23. The van der Waals surface area contributed by atoms with Crippen molar-refractivity contribution >= 4 is 5.91 Å². The van der Waals surface area contributed by atoms with E-state index in [4.69, 9.17) is 9.26 Å². The molecule has 6 heteroatoms. The van der Waals surface area contributed by atoms with Crippen LogP contribution in [0.15, 0.2) is 22.9 Å². The van der Waals surface area contributed by atoms with Crippen LogP contribution in [0.3, 0.4) is 0 Å². The van der Waals surface area contributed by atoms with Crippen LogP contribution in [-0.2, 0) is 0 Å². The van der Waals surface area contributed by atoms with Gasteiger partial charge in [-0.2, -0.15) is 0 Å². The highest BCUT2D eigenvalue weighted by Gasteiger charge is 2.34. The molecule has 0 bridgehead atoms. The summed E-state index contributed by atoms with van der Waals surface area (Å²) in [5, 5.41) is 3.93. The number of ether oxygens (including phenoxy) is 1. The van der Waals surface area contributed by atoms with Crippen molar-refractivity contribution in [3.63, 3.8) is 0 Å². The zero-order valence-corrected chi connectivity index (χ0v) is 13.0. The third kappa shape index (κ3) is 2.56. The maximum absolute atomic E-state index is 12.9. The Kier molecular flexibility index (Phi) is 3.83. The molecule has 22 heavy (non-hydrogen) atoms. The number of likely N-dealkylation sites (tertiary alicyclic amines) is 1. The highest BCUT2D eigenvalue weighted by atomic mass is 16.5. The van der Waals surface area contributed by atoms with Gasteiger partial charge in [-0.05, 0) is 32.8 Å². The molecule has 1 atom stereocenters. The molecule has 1 aliphatic heterocycles. The van der Waals surface area contributed by atoms with E-state index in [0.717, 1.165) is 30.0 Å². The molecule has 0 aliphatic carbocycles. The molecule has 1 aliphatic rings. The Labute approximate surface area is 129 Å². The van der Waals surface area contributed by atoms with Crippen molar-refractivity contribution in [3.05, 3.63) is 41.0 Å². The maximum atomic E-state index is 12.9. The largest absolute Gasteiger partial charge is 0.494 e. The summed E-state index contributed by atoms with van der Waals surface area (Å²) in [6, 6.07) is 3.60. The van der Waals surface area contributed by atoms with Crippen molar-refractivity contribution in [2.45, 2.75) is 32.7 Å². The fourth-order valence-corrected chi connectivity index (χ4v) is 2.88. The molecule has 3 heterocycles. The number of carbonyl (C=O) groups is 1. The summed E-state index contributed by atoms with van der Waals surface area (Å²) in [7, 11) is 1.55. The molecule has 1 unspecified atom stereocenters. The van der Waals surface area contributed by atoms with E-state index in [1.807, 2.05) is 24.8 Å². The van der Waals surface area contributed by atoms with Crippen LogP contribution in [0.5, 0.6) is 5.75 Å². The first-order valence-corrected chi connectivity index (χ1v) is 7.35. The number of rotatable bonds is 3. The summed E-state index contributed by atoms with van der Waals surface area (Å²) in [5.74, 6) is 1.18. The molecule has 2 aromatic rings. The summed E-state index contributed by atoms with van der Waals surface area (Å²) in [6.07, 6.45) is 3.42. The quantitative estimate of drug-likeness (QED) is 0.871. The molecule has 6 nitrogen and oxygen atoms in total. The van der Waals surface area contributed by atoms with Crippen LogP contribution >= 0.6 is 0 Å². The van der Waals surface area contributed by atoms with E-state index in [0.29, 0.717) is 17.9 Å². The average molecular weight is 301 g/mol. The standard InChI is InChI=1S/C16H19N3O3/c1-10-7-12(15(21-3)9-17-10)16(20)19-6-4-5-13(19)14-8-11(2)18-22-14/h7-9,13H,4-6H2,1-3H3. The van der Waals surface area contributed by atoms with Crippen molar-refractivity contribution in [1.29, 1.82) is 0 Å². The van der Waals surface area contributed by atoms with Gasteiger partial charge < -0.3 is 14.2 Å². The lowest BCUT2D eigenvalue weighted by molar-refractivity contribution is 0.0711. The Morgan fingerprint density at radius 1 is 1.36 bits per heavy atom. The first-order valence-electron chi connectivity index (χ1n) is 7.35. The predicted molar refractivity (Wildman–Crippen MR) is 79.8 cm³/mol. The molecule has 0 saturated carbocycles. The first kappa shape index (κ1) is 14.6. The monoisotopic (exact) mass is 301 g/mol. The van der Waals surface area contributed by atoms with Gasteiger partial charge in [0.25, 0.3) is 5.91 Å². The maximum Gasteiger partial charge on any atom is 0.258 e. The van der Waals surface area contributed by atoms with E-state index < -0.39 is 0 Å². The summed E-state index contributed by atoms with van der Waals surface area (Å²) in [4.78, 5) is 18.9. The highest BCUT2D eigenvalue weighted by molar-refractivity contribution is 5.97. The number of aryl methyl sites for hydroxylation is 2. The Morgan fingerprint density at radius 3 is 2.86 bits per heavy atom. The van der Waals surface area contributed by atoms with Gasteiger partial charge in [0.05, 0.1) is 30.6 Å². The molecule has 0 N–H and O–H groups in total. The number of methoxy groups -OCH3 is 1. The molecule has 1 fully saturated rings. The van der Waals surface area contributed by atoms with E-state index in [1.165, 1.54) is 0 Å². The second-order valence-electron chi connectivity index (χ2n) is 5.55. The Morgan fingerprint density at radius 2 is 2.18 bits per heavy atom. The number of nitrogens with zero attached hydrogens (tertiary/aromatic N) is 3. The molecule has 1 amide bonds. The fraction of sp³-hybridized carbons (Fsp3) is 0.438. The van der Waals surface area contributed by atoms with E-state index in [9.17, 15) is 4.79 Å². The van der Waals surface area contributed by atoms with Crippen molar-refractivity contribution < 1.29 is 14.1 Å². The second kappa shape index (κ2) is 5.79. The number of pyridine rings is 1. The molecule has 2 aromatic heterocycles. The summed E-state index contributed by atoms with van der Waals surface area (Å²) in [5.41, 5.74) is 2.15. The van der Waals surface area contributed by atoms with Gasteiger partial charge in [0.15, 0.2) is 5.76 Å². The van der Waals surface area contributed by atoms with Gasteiger partial charge in [-0.25, -0.2) is 0 Å². The minimum absolute atomic E-state index is 0.0566. The van der Waals surface area contributed by atoms with Gasteiger partial charge in [0.1, 0.15) is 5.75 Å². The topological polar surface area (TPSA) is 68.5 Å². The van der Waals surface area contributed by atoms with E-state index >= 15 is 0 Å². The Balaban J connectivity index is 1.92. The Bertz CT molecular complexity index is 696. The first-order chi connectivity index (χ1) is 10.6. The third-order valence-corrected chi connectivity index (χ3v) is 3.94. The molecule has 0 aromatic carbocycles. The molecule has 1 saturated heterocycles. The Hall–Kier alpha value is -2.37. The molecular weight excluding hydrogens is 282 g/mol. The lowest BCUT2D eigenvalue weighted by atomic mass is 10.1. The number of hydrogen-bond acceptors (Lipinski definition) is 5. The van der Waals surface area contributed by atoms with Gasteiger partial charge in [-0.1, -0.05) is 5.16 Å². The second-order valence-corrected chi connectivity index (χ2v) is 5.55. The van der Waals surface area contributed by atoms with Crippen molar-refractivity contribution in [1.82, 2.24) is 15.0 Å².